The fourth-order valence-corrected chi connectivity index (χ4v) is 2.29. The van der Waals surface area contributed by atoms with E-state index in [1.807, 2.05) is 13.8 Å². The normalized spacial score (nSPS) is 12.4. The molecule has 9 heteroatoms. The highest BCUT2D eigenvalue weighted by atomic mass is 19.4. The Bertz CT molecular complexity index is 673. The number of rotatable bonds is 8. The van der Waals surface area contributed by atoms with Crippen LogP contribution in [0.3, 0.4) is 0 Å². The summed E-state index contributed by atoms with van der Waals surface area (Å²) in [4.78, 5) is 35.2. The van der Waals surface area contributed by atoms with Crippen LogP contribution in [0.15, 0.2) is 24.3 Å². The number of alkyl halides is 3. The average molecular weight is 389 g/mol. The lowest BCUT2D eigenvalue weighted by molar-refractivity contribution is -0.150. The van der Waals surface area contributed by atoms with E-state index in [0.717, 1.165) is 12.1 Å². The Morgan fingerprint density at radius 1 is 1.19 bits per heavy atom. The highest BCUT2D eigenvalue weighted by Crippen LogP contribution is 2.29. The zero-order valence-corrected chi connectivity index (χ0v) is 15.3. The Labute approximate surface area is 155 Å². The molecule has 0 bridgehead atoms. The van der Waals surface area contributed by atoms with Crippen LogP contribution in [0.2, 0.25) is 0 Å². The van der Waals surface area contributed by atoms with Crippen molar-refractivity contribution >= 4 is 17.8 Å². The molecule has 27 heavy (non-hydrogen) atoms. The summed E-state index contributed by atoms with van der Waals surface area (Å²) in [6.45, 7) is 3.07. The first-order valence-corrected chi connectivity index (χ1v) is 8.22. The summed E-state index contributed by atoms with van der Waals surface area (Å²) in [5, 5.41) is 2.41. The van der Waals surface area contributed by atoms with Crippen molar-refractivity contribution in [3.63, 3.8) is 0 Å². The van der Waals surface area contributed by atoms with E-state index in [-0.39, 0.29) is 11.5 Å². The second-order valence-corrected chi connectivity index (χ2v) is 6.31. The van der Waals surface area contributed by atoms with Crippen molar-refractivity contribution in [1.82, 2.24) is 5.32 Å². The lowest BCUT2D eigenvalue weighted by Crippen LogP contribution is -2.44. The van der Waals surface area contributed by atoms with Crippen LogP contribution in [0.5, 0.6) is 0 Å². The van der Waals surface area contributed by atoms with Gasteiger partial charge in [-0.1, -0.05) is 32.0 Å². The number of carbonyl (C=O) groups is 3. The van der Waals surface area contributed by atoms with Crippen molar-refractivity contribution in [2.45, 2.75) is 38.9 Å². The van der Waals surface area contributed by atoms with E-state index in [1.165, 1.54) is 19.2 Å². The molecule has 0 fully saturated rings. The summed E-state index contributed by atoms with van der Waals surface area (Å²) < 4.78 is 47.3. The van der Waals surface area contributed by atoms with Crippen LogP contribution >= 0.6 is 0 Å². The molecule has 1 aromatic carbocycles. The fourth-order valence-electron chi connectivity index (χ4n) is 2.29. The molecule has 150 valence electrons. The zero-order valence-electron chi connectivity index (χ0n) is 15.3. The summed E-state index contributed by atoms with van der Waals surface area (Å²) in [5.74, 6) is -2.07. The van der Waals surface area contributed by atoms with Crippen LogP contribution in [-0.4, -0.2) is 37.6 Å². The van der Waals surface area contributed by atoms with E-state index in [9.17, 15) is 27.6 Å². The fraction of sp³-hybridized carbons (Fsp3) is 0.500. The van der Waals surface area contributed by atoms with Crippen molar-refractivity contribution in [1.29, 1.82) is 0 Å². The van der Waals surface area contributed by atoms with E-state index >= 15 is 0 Å². The van der Waals surface area contributed by atoms with Crippen LogP contribution in [-0.2, 0) is 36.5 Å². The summed E-state index contributed by atoms with van der Waals surface area (Å²) in [6.07, 6.45) is -4.58. The molecule has 1 aromatic rings. The maximum Gasteiger partial charge on any atom is 0.416 e. The quantitative estimate of drug-likeness (QED) is 0.691. The molecule has 1 rings (SSSR count). The first-order valence-electron chi connectivity index (χ1n) is 8.22. The Balaban J connectivity index is 2.56. The van der Waals surface area contributed by atoms with Crippen LogP contribution < -0.4 is 5.32 Å². The second kappa shape index (κ2) is 9.94. The first kappa shape index (κ1) is 22.5. The predicted octanol–water partition coefficient (Wildman–Crippen LogP) is 2.50. The third-order valence-electron chi connectivity index (χ3n) is 3.50. The number of ether oxygens (including phenoxy) is 2. The molecular formula is C18H22F3NO5. The van der Waals surface area contributed by atoms with E-state index in [0.29, 0.717) is 6.42 Å². The minimum absolute atomic E-state index is 0.109. The molecule has 0 spiro atoms. The molecule has 6 nitrogen and oxygen atoms in total. The maximum absolute atomic E-state index is 12.7. The number of nitrogens with one attached hydrogen (secondary N) is 1. The van der Waals surface area contributed by atoms with Gasteiger partial charge >= 0.3 is 18.1 Å². The van der Waals surface area contributed by atoms with Crippen molar-refractivity contribution in [2.75, 3.05) is 13.7 Å². The molecule has 0 heterocycles. The summed E-state index contributed by atoms with van der Waals surface area (Å²) in [6, 6.07) is 3.41. The van der Waals surface area contributed by atoms with Gasteiger partial charge in [0.2, 0.25) is 0 Å². The number of amides is 1. The lowest BCUT2D eigenvalue weighted by Gasteiger charge is -2.18. The molecule has 0 saturated heterocycles. The molecule has 1 amide bonds. The van der Waals surface area contributed by atoms with Crippen molar-refractivity contribution < 1.29 is 37.0 Å². The third-order valence-corrected chi connectivity index (χ3v) is 3.50. The smallest absolute Gasteiger partial charge is 0.416 e. The zero-order chi connectivity index (χ0) is 20.6. The van der Waals surface area contributed by atoms with E-state index in [1.54, 1.807) is 0 Å². The average Bonchev–Trinajstić information content (AvgIpc) is 2.57. The summed E-state index contributed by atoms with van der Waals surface area (Å²) in [7, 11) is 1.19. The third kappa shape index (κ3) is 8.10. The Kier molecular flexibility index (Phi) is 8.27. The van der Waals surface area contributed by atoms with Crippen LogP contribution in [0, 0.1) is 5.92 Å². The topological polar surface area (TPSA) is 81.7 Å². The number of hydrogen-bond donors (Lipinski definition) is 1. The molecule has 1 atom stereocenters. The molecular weight excluding hydrogens is 367 g/mol. The number of benzene rings is 1. The number of carbonyl (C=O) groups excluding carboxylic acids is 3. The molecule has 0 aliphatic rings. The monoisotopic (exact) mass is 389 g/mol. The molecule has 0 saturated carbocycles. The first-order chi connectivity index (χ1) is 12.5. The van der Waals surface area contributed by atoms with Crippen molar-refractivity contribution in [3.8, 4) is 0 Å². The Hall–Kier alpha value is -2.58. The molecule has 1 unspecified atom stereocenters. The van der Waals surface area contributed by atoms with Gasteiger partial charge in [-0.2, -0.15) is 13.2 Å². The molecule has 0 aliphatic carbocycles. The summed E-state index contributed by atoms with van der Waals surface area (Å²) >= 11 is 0. The van der Waals surface area contributed by atoms with Gasteiger partial charge < -0.3 is 14.8 Å². The highest BCUT2D eigenvalue weighted by molar-refractivity contribution is 5.86. The molecule has 0 aliphatic heterocycles. The minimum atomic E-state index is -4.51. The van der Waals surface area contributed by atoms with Gasteiger partial charge in [-0.25, -0.2) is 4.79 Å². The molecule has 0 radical (unpaired) electrons. The molecule has 1 N–H and O–H groups in total. The highest BCUT2D eigenvalue weighted by Gasteiger charge is 2.30. The SMILES string of the molecule is COC(=O)C(CC(C)C)NC(=O)COC(=O)Cc1cccc(C(F)(F)F)c1. The van der Waals surface area contributed by atoms with Crippen molar-refractivity contribution in [2.24, 2.45) is 5.92 Å². The van der Waals surface area contributed by atoms with Gasteiger partial charge in [0.1, 0.15) is 6.04 Å². The maximum atomic E-state index is 12.7. The van der Waals surface area contributed by atoms with E-state index in [4.69, 9.17) is 4.74 Å². The van der Waals surface area contributed by atoms with Gasteiger partial charge in [0, 0.05) is 0 Å². The Morgan fingerprint density at radius 3 is 2.41 bits per heavy atom. The van der Waals surface area contributed by atoms with Gasteiger partial charge in [0.05, 0.1) is 19.1 Å². The predicted molar refractivity (Wildman–Crippen MR) is 89.5 cm³/mol. The van der Waals surface area contributed by atoms with Gasteiger partial charge in [-0.15, -0.1) is 0 Å². The van der Waals surface area contributed by atoms with E-state index in [2.05, 4.69) is 10.1 Å². The number of halogens is 3. The number of esters is 2. The summed E-state index contributed by atoms with van der Waals surface area (Å²) in [5.41, 5.74) is -0.761. The van der Waals surface area contributed by atoms with Crippen molar-refractivity contribution in [3.05, 3.63) is 35.4 Å². The molecule has 0 aromatic heterocycles. The Morgan fingerprint density at radius 2 is 1.85 bits per heavy atom. The van der Waals surface area contributed by atoms with Crippen LogP contribution in [0.4, 0.5) is 13.2 Å². The number of methoxy groups -OCH3 is 1. The minimum Gasteiger partial charge on any atom is -0.467 e. The lowest BCUT2D eigenvalue weighted by atomic mass is 10.0. The van der Waals surface area contributed by atoms with Gasteiger partial charge in [-0.3, -0.25) is 9.59 Å². The van der Waals surface area contributed by atoms with Gasteiger partial charge in [-0.05, 0) is 24.0 Å². The van der Waals surface area contributed by atoms with E-state index < -0.39 is 48.7 Å². The largest absolute Gasteiger partial charge is 0.467 e. The second-order valence-electron chi connectivity index (χ2n) is 6.31. The van der Waals surface area contributed by atoms with Gasteiger partial charge in [0.15, 0.2) is 6.61 Å². The number of hydrogen-bond acceptors (Lipinski definition) is 5. The van der Waals surface area contributed by atoms with Crippen LogP contribution in [0.1, 0.15) is 31.4 Å². The van der Waals surface area contributed by atoms with Gasteiger partial charge in [0.25, 0.3) is 5.91 Å². The van der Waals surface area contributed by atoms with Crippen LogP contribution in [0.25, 0.3) is 0 Å². The standard InChI is InChI=1S/C18H22F3NO5/c1-11(2)7-14(17(25)26-3)22-15(23)10-27-16(24)9-12-5-4-6-13(8-12)18(19,20)21/h4-6,8,11,14H,7,9-10H2,1-3H3,(H,22,23).